The molecule has 2 atom stereocenters. The maximum absolute atomic E-state index is 5.26. The first-order chi connectivity index (χ1) is 8.35. The van der Waals surface area contributed by atoms with Crippen LogP contribution >= 0.6 is 0 Å². The van der Waals surface area contributed by atoms with Gasteiger partial charge in [0.2, 0.25) is 0 Å². The van der Waals surface area contributed by atoms with Gasteiger partial charge in [-0.25, -0.2) is 0 Å². The first-order valence-corrected chi connectivity index (χ1v) is 6.74. The van der Waals surface area contributed by atoms with Gasteiger partial charge in [0.25, 0.3) is 0 Å². The van der Waals surface area contributed by atoms with Gasteiger partial charge in [0.05, 0.1) is 0 Å². The molecule has 0 bridgehead atoms. The van der Waals surface area contributed by atoms with E-state index in [2.05, 4.69) is 21.1 Å². The molecule has 3 heteroatoms. The number of nitrogens with zero attached hydrogens (tertiary/aromatic N) is 2. The number of likely N-dealkylation sites (tertiary alicyclic amines) is 1. The van der Waals surface area contributed by atoms with Gasteiger partial charge in [-0.1, -0.05) is 12.8 Å². The van der Waals surface area contributed by atoms with E-state index in [1.165, 1.54) is 38.8 Å². The van der Waals surface area contributed by atoms with E-state index in [0.717, 1.165) is 30.8 Å². The van der Waals surface area contributed by atoms with Crippen molar-refractivity contribution in [3.63, 3.8) is 0 Å². The molecule has 1 N–H and O–H groups in total. The molecule has 2 fully saturated rings. The minimum atomic E-state index is 0.764. The molecule has 2 aliphatic rings. The highest BCUT2D eigenvalue weighted by molar-refractivity contribution is 5.80. The molecule has 0 aromatic rings. The Labute approximate surface area is 105 Å². The highest BCUT2D eigenvalue weighted by Gasteiger charge is 2.35. The van der Waals surface area contributed by atoms with Crippen molar-refractivity contribution in [1.29, 1.82) is 0 Å². The van der Waals surface area contributed by atoms with Gasteiger partial charge in [-0.15, -0.1) is 12.3 Å². The van der Waals surface area contributed by atoms with Crippen LogP contribution in [0.5, 0.6) is 0 Å². The lowest BCUT2D eigenvalue weighted by molar-refractivity contribution is 0.299. The summed E-state index contributed by atoms with van der Waals surface area (Å²) in [5, 5.41) is 3.36. The Morgan fingerprint density at radius 3 is 2.53 bits per heavy atom. The zero-order valence-corrected chi connectivity index (χ0v) is 10.8. The third-order valence-electron chi connectivity index (χ3n) is 4.04. The standard InChI is InChI=1S/C14H23N3/c1-3-4-9-16-14(15-2)17-10-12-7-5-6-8-13(12)11-17/h1,12-13H,4-11H2,2H3,(H,15,16). The third-order valence-corrected chi connectivity index (χ3v) is 4.04. The zero-order chi connectivity index (χ0) is 12.1. The average molecular weight is 233 g/mol. The van der Waals surface area contributed by atoms with Crippen LogP contribution in [0.4, 0.5) is 0 Å². The van der Waals surface area contributed by atoms with Crippen LogP contribution in [-0.2, 0) is 0 Å². The third kappa shape index (κ3) is 2.94. The molecule has 0 radical (unpaired) electrons. The van der Waals surface area contributed by atoms with E-state index in [1.807, 2.05) is 7.05 Å². The van der Waals surface area contributed by atoms with E-state index in [-0.39, 0.29) is 0 Å². The van der Waals surface area contributed by atoms with E-state index in [0.29, 0.717) is 0 Å². The maximum Gasteiger partial charge on any atom is 0.193 e. The number of hydrogen-bond donors (Lipinski definition) is 1. The topological polar surface area (TPSA) is 27.6 Å². The zero-order valence-electron chi connectivity index (χ0n) is 10.8. The highest BCUT2D eigenvalue weighted by atomic mass is 15.3. The first-order valence-electron chi connectivity index (χ1n) is 6.74. The van der Waals surface area contributed by atoms with Crippen LogP contribution in [0, 0.1) is 24.2 Å². The van der Waals surface area contributed by atoms with E-state index >= 15 is 0 Å². The van der Waals surface area contributed by atoms with Crippen molar-refractivity contribution in [3.05, 3.63) is 0 Å². The fraction of sp³-hybridized carbons (Fsp3) is 0.786. The van der Waals surface area contributed by atoms with Gasteiger partial charge in [0.15, 0.2) is 5.96 Å². The van der Waals surface area contributed by atoms with Crippen molar-refractivity contribution in [1.82, 2.24) is 10.2 Å². The molecule has 1 heterocycles. The summed E-state index contributed by atoms with van der Waals surface area (Å²) in [5.41, 5.74) is 0. The first kappa shape index (κ1) is 12.3. The highest BCUT2D eigenvalue weighted by Crippen LogP contribution is 2.35. The molecule has 0 aromatic carbocycles. The van der Waals surface area contributed by atoms with E-state index < -0.39 is 0 Å². The van der Waals surface area contributed by atoms with Crippen molar-refractivity contribution in [2.24, 2.45) is 16.8 Å². The molecule has 94 valence electrons. The number of terminal acetylenes is 1. The second kappa shape index (κ2) is 5.95. The van der Waals surface area contributed by atoms with Gasteiger partial charge < -0.3 is 10.2 Å². The van der Waals surface area contributed by atoms with Crippen LogP contribution in [0.1, 0.15) is 32.1 Å². The summed E-state index contributed by atoms with van der Waals surface area (Å²) < 4.78 is 0. The number of aliphatic imine (C=N–C) groups is 1. The predicted octanol–water partition coefficient (Wildman–Crippen LogP) is 1.71. The number of nitrogens with one attached hydrogen (secondary N) is 1. The lowest BCUT2D eigenvalue weighted by Gasteiger charge is -2.22. The summed E-state index contributed by atoms with van der Waals surface area (Å²) in [4.78, 5) is 6.78. The number of rotatable bonds is 2. The van der Waals surface area contributed by atoms with Crippen molar-refractivity contribution in [2.75, 3.05) is 26.7 Å². The number of fused-ring (bicyclic) bond motifs is 1. The van der Waals surface area contributed by atoms with Crippen molar-refractivity contribution in [2.45, 2.75) is 32.1 Å². The SMILES string of the molecule is C#CCCNC(=NC)N1CC2CCCCC2C1. The smallest absolute Gasteiger partial charge is 0.193 e. The summed E-state index contributed by atoms with van der Waals surface area (Å²) in [6.07, 6.45) is 11.7. The molecule has 1 saturated carbocycles. The fourth-order valence-corrected chi connectivity index (χ4v) is 3.16. The van der Waals surface area contributed by atoms with Gasteiger partial charge in [-0.2, -0.15) is 0 Å². The predicted molar refractivity (Wildman–Crippen MR) is 71.8 cm³/mol. The Balaban J connectivity index is 1.87. The minimum Gasteiger partial charge on any atom is -0.355 e. The lowest BCUT2D eigenvalue weighted by atomic mass is 9.82. The van der Waals surface area contributed by atoms with E-state index in [1.54, 1.807) is 0 Å². The Hall–Kier alpha value is -1.17. The van der Waals surface area contributed by atoms with Crippen molar-refractivity contribution >= 4 is 5.96 Å². The average Bonchev–Trinajstić information content (AvgIpc) is 2.78. The summed E-state index contributed by atoms with van der Waals surface area (Å²) in [6, 6.07) is 0. The lowest BCUT2D eigenvalue weighted by Crippen LogP contribution is -2.40. The fourth-order valence-electron chi connectivity index (χ4n) is 3.16. The summed E-state index contributed by atoms with van der Waals surface area (Å²) in [5.74, 6) is 5.48. The minimum absolute atomic E-state index is 0.764. The molecule has 3 nitrogen and oxygen atoms in total. The van der Waals surface area contributed by atoms with Gasteiger partial charge in [-0.3, -0.25) is 4.99 Å². The largest absolute Gasteiger partial charge is 0.355 e. The molecule has 2 rings (SSSR count). The molecule has 1 saturated heterocycles. The van der Waals surface area contributed by atoms with Gasteiger partial charge >= 0.3 is 0 Å². The van der Waals surface area contributed by atoms with Crippen LogP contribution in [0.15, 0.2) is 4.99 Å². The van der Waals surface area contributed by atoms with Crippen LogP contribution in [0.3, 0.4) is 0 Å². The van der Waals surface area contributed by atoms with Crippen molar-refractivity contribution in [3.8, 4) is 12.3 Å². The second-order valence-electron chi connectivity index (χ2n) is 5.14. The van der Waals surface area contributed by atoms with Crippen LogP contribution in [0.25, 0.3) is 0 Å². The molecular weight excluding hydrogens is 210 g/mol. The van der Waals surface area contributed by atoms with Gasteiger partial charge in [0, 0.05) is 33.1 Å². The summed E-state index contributed by atoms with van der Waals surface area (Å²) >= 11 is 0. The van der Waals surface area contributed by atoms with E-state index in [4.69, 9.17) is 6.42 Å². The maximum atomic E-state index is 5.26. The Kier molecular flexibility index (Phi) is 4.30. The van der Waals surface area contributed by atoms with Gasteiger partial charge in [0.1, 0.15) is 0 Å². The van der Waals surface area contributed by atoms with E-state index in [9.17, 15) is 0 Å². The monoisotopic (exact) mass is 233 g/mol. The molecule has 0 spiro atoms. The Morgan fingerprint density at radius 1 is 1.35 bits per heavy atom. The molecule has 0 amide bonds. The molecule has 1 aliphatic carbocycles. The molecule has 1 aliphatic heterocycles. The Morgan fingerprint density at radius 2 is 2.00 bits per heavy atom. The number of guanidine groups is 1. The molecule has 0 aromatic heterocycles. The molecular formula is C14H23N3. The van der Waals surface area contributed by atoms with Crippen LogP contribution in [0.2, 0.25) is 0 Å². The summed E-state index contributed by atoms with van der Waals surface area (Å²) in [7, 11) is 1.86. The quantitative estimate of drug-likeness (QED) is 0.340. The molecule has 2 unspecified atom stereocenters. The number of hydrogen-bond acceptors (Lipinski definition) is 1. The summed E-state index contributed by atoms with van der Waals surface area (Å²) in [6.45, 7) is 3.19. The molecule has 17 heavy (non-hydrogen) atoms. The van der Waals surface area contributed by atoms with Crippen molar-refractivity contribution < 1.29 is 0 Å². The normalized spacial score (nSPS) is 28.7. The Bertz CT molecular complexity index is 302. The van der Waals surface area contributed by atoms with Gasteiger partial charge in [-0.05, 0) is 24.7 Å². The van der Waals surface area contributed by atoms with Crippen LogP contribution < -0.4 is 5.32 Å². The second-order valence-corrected chi connectivity index (χ2v) is 5.14. The van der Waals surface area contributed by atoms with Crippen LogP contribution in [-0.4, -0.2) is 37.5 Å².